The minimum atomic E-state index is 0.471. The molecule has 0 unspecified atom stereocenters. The van der Waals surface area contributed by atoms with E-state index in [-0.39, 0.29) is 0 Å². The van der Waals surface area contributed by atoms with Gasteiger partial charge in [0.2, 0.25) is 0 Å². The zero-order valence-electron chi connectivity index (χ0n) is 10.5. The van der Waals surface area contributed by atoms with Crippen LogP contribution in [0.3, 0.4) is 0 Å². The van der Waals surface area contributed by atoms with Gasteiger partial charge in [0, 0.05) is 30.9 Å². The molecule has 3 heterocycles. The van der Waals surface area contributed by atoms with Gasteiger partial charge in [-0.05, 0) is 25.0 Å². The zero-order chi connectivity index (χ0) is 12.4. The summed E-state index contributed by atoms with van der Waals surface area (Å²) >= 11 is 0. The first kappa shape index (κ1) is 11.3. The zero-order valence-corrected chi connectivity index (χ0v) is 10.5. The minimum Gasteiger partial charge on any atom is -0.308 e. The number of aryl methyl sites for hydroxylation is 2. The average Bonchev–Trinajstić information content (AvgIpc) is 2.85. The van der Waals surface area contributed by atoms with Crippen LogP contribution in [0.15, 0.2) is 24.7 Å². The molecule has 0 aliphatic carbocycles. The van der Waals surface area contributed by atoms with Crippen molar-refractivity contribution in [1.82, 2.24) is 25.1 Å². The lowest BCUT2D eigenvalue weighted by atomic mass is 10.1. The Hall–Kier alpha value is -1.75. The predicted octanol–water partition coefficient (Wildman–Crippen LogP) is 1.09. The molecule has 2 aromatic heterocycles. The van der Waals surface area contributed by atoms with Gasteiger partial charge in [0.1, 0.15) is 12.2 Å². The molecule has 1 aliphatic rings. The molecule has 18 heavy (non-hydrogen) atoms. The fourth-order valence-electron chi connectivity index (χ4n) is 2.36. The van der Waals surface area contributed by atoms with Crippen molar-refractivity contribution in [3.05, 3.63) is 41.7 Å². The molecule has 0 aromatic carbocycles. The maximum Gasteiger partial charge on any atom is 0.138 e. The van der Waals surface area contributed by atoms with Gasteiger partial charge in [-0.25, -0.2) is 9.67 Å². The number of pyridine rings is 1. The highest BCUT2D eigenvalue weighted by Crippen LogP contribution is 2.12. The van der Waals surface area contributed by atoms with E-state index in [1.807, 2.05) is 23.9 Å². The lowest BCUT2D eigenvalue weighted by Crippen LogP contribution is -2.37. The first-order valence-electron chi connectivity index (χ1n) is 6.33. The maximum absolute atomic E-state index is 4.30. The van der Waals surface area contributed by atoms with Gasteiger partial charge >= 0.3 is 0 Å². The van der Waals surface area contributed by atoms with Crippen LogP contribution in [0.4, 0.5) is 0 Å². The van der Waals surface area contributed by atoms with Gasteiger partial charge in [0.25, 0.3) is 0 Å². The molecule has 0 fully saturated rings. The van der Waals surface area contributed by atoms with Crippen LogP contribution in [0.2, 0.25) is 0 Å². The van der Waals surface area contributed by atoms with Crippen LogP contribution in [-0.2, 0) is 19.5 Å². The normalized spacial score (nSPS) is 18.6. The number of rotatable bonds is 3. The van der Waals surface area contributed by atoms with Gasteiger partial charge in [0.15, 0.2) is 0 Å². The Morgan fingerprint density at radius 3 is 3.28 bits per heavy atom. The molecule has 2 aromatic rings. The highest BCUT2D eigenvalue weighted by atomic mass is 15.3. The number of nitrogens with zero attached hydrogens (tertiary/aromatic N) is 4. The third-order valence-electron chi connectivity index (χ3n) is 3.50. The number of fused-ring (bicyclic) bond motifs is 1. The van der Waals surface area contributed by atoms with Crippen LogP contribution in [0.1, 0.15) is 23.5 Å². The molecule has 0 saturated heterocycles. The first-order valence-corrected chi connectivity index (χ1v) is 6.33. The highest BCUT2D eigenvalue weighted by Gasteiger charge is 2.19. The standard InChI is InChI=1S/C13H17N5/c1-10-11(3-2-6-14-10)7-15-12-4-5-13-16-9-17-18(13)8-12/h2-3,6,9,12,15H,4-5,7-8H2,1H3/t12-/m0/s1. The van der Waals surface area contributed by atoms with E-state index in [0.717, 1.165) is 37.4 Å². The Morgan fingerprint density at radius 2 is 2.39 bits per heavy atom. The first-order chi connectivity index (χ1) is 8.83. The smallest absolute Gasteiger partial charge is 0.138 e. The molecule has 94 valence electrons. The topological polar surface area (TPSA) is 55.6 Å². The number of hydrogen-bond acceptors (Lipinski definition) is 4. The summed E-state index contributed by atoms with van der Waals surface area (Å²) < 4.78 is 2.00. The van der Waals surface area contributed by atoms with E-state index >= 15 is 0 Å². The Labute approximate surface area is 106 Å². The van der Waals surface area contributed by atoms with E-state index in [9.17, 15) is 0 Å². The van der Waals surface area contributed by atoms with Crippen LogP contribution in [0.25, 0.3) is 0 Å². The Morgan fingerprint density at radius 1 is 1.44 bits per heavy atom. The number of aromatic nitrogens is 4. The summed E-state index contributed by atoms with van der Waals surface area (Å²) in [5.74, 6) is 1.10. The van der Waals surface area contributed by atoms with Crippen molar-refractivity contribution in [2.75, 3.05) is 0 Å². The van der Waals surface area contributed by atoms with Crippen LogP contribution >= 0.6 is 0 Å². The molecule has 5 heteroatoms. The molecule has 0 saturated carbocycles. The average molecular weight is 243 g/mol. The Kier molecular flexibility index (Phi) is 3.06. The van der Waals surface area contributed by atoms with Crippen molar-refractivity contribution in [3.63, 3.8) is 0 Å². The molecule has 0 spiro atoms. The summed E-state index contributed by atoms with van der Waals surface area (Å²) in [5.41, 5.74) is 2.36. The van der Waals surface area contributed by atoms with Crippen molar-refractivity contribution in [2.24, 2.45) is 0 Å². The second-order valence-electron chi connectivity index (χ2n) is 4.72. The van der Waals surface area contributed by atoms with Crippen molar-refractivity contribution in [3.8, 4) is 0 Å². The lowest BCUT2D eigenvalue weighted by Gasteiger charge is -2.23. The van der Waals surface area contributed by atoms with Crippen molar-refractivity contribution in [2.45, 2.75) is 38.9 Å². The Balaban J connectivity index is 1.61. The van der Waals surface area contributed by atoms with E-state index < -0.39 is 0 Å². The quantitative estimate of drug-likeness (QED) is 0.876. The molecule has 1 aliphatic heterocycles. The van der Waals surface area contributed by atoms with Crippen LogP contribution in [0.5, 0.6) is 0 Å². The second-order valence-corrected chi connectivity index (χ2v) is 4.72. The summed E-state index contributed by atoms with van der Waals surface area (Å²) in [6, 6.07) is 4.58. The highest BCUT2D eigenvalue weighted by molar-refractivity contribution is 5.18. The second kappa shape index (κ2) is 4.86. The maximum atomic E-state index is 4.30. The predicted molar refractivity (Wildman–Crippen MR) is 67.9 cm³/mol. The van der Waals surface area contributed by atoms with Crippen molar-refractivity contribution < 1.29 is 0 Å². The molecular formula is C13H17N5. The third kappa shape index (κ3) is 2.26. The molecule has 0 bridgehead atoms. The monoisotopic (exact) mass is 243 g/mol. The van der Waals surface area contributed by atoms with Crippen molar-refractivity contribution >= 4 is 0 Å². The molecule has 0 radical (unpaired) electrons. The molecule has 1 atom stereocenters. The summed E-state index contributed by atoms with van der Waals surface area (Å²) in [7, 11) is 0. The van der Waals surface area contributed by atoms with Crippen LogP contribution in [0, 0.1) is 6.92 Å². The summed E-state index contributed by atoms with van der Waals surface area (Å²) in [6.45, 7) is 3.83. The third-order valence-corrected chi connectivity index (χ3v) is 3.50. The van der Waals surface area contributed by atoms with Gasteiger partial charge in [-0.3, -0.25) is 4.98 Å². The van der Waals surface area contributed by atoms with E-state index in [1.54, 1.807) is 6.33 Å². The molecule has 3 rings (SSSR count). The molecule has 5 nitrogen and oxygen atoms in total. The van der Waals surface area contributed by atoms with Crippen LogP contribution < -0.4 is 5.32 Å². The summed E-state index contributed by atoms with van der Waals surface area (Å²) in [4.78, 5) is 8.54. The van der Waals surface area contributed by atoms with E-state index in [4.69, 9.17) is 0 Å². The van der Waals surface area contributed by atoms with E-state index in [0.29, 0.717) is 6.04 Å². The van der Waals surface area contributed by atoms with Gasteiger partial charge in [-0.15, -0.1) is 0 Å². The fraction of sp³-hybridized carbons (Fsp3) is 0.462. The minimum absolute atomic E-state index is 0.471. The van der Waals surface area contributed by atoms with Gasteiger partial charge in [-0.1, -0.05) is 6.07 Å². The molecule has 1 N–H and O–H groups in total. The van der Waals surface area contributed by atoms with E-state index in [1.165, 1.54) is 5.56 Å². The number of nitrogens with one attached hydrogen (secondary N) is 1. The SMILES string of the molecule is Cc1ncccc1CN[C@H]1CCc2ncnn2C1. The molecular weight excluding hydrogens is 226 g/mol. The summed E-state index contributed by atoms with van der Waals surface area (Å²) in [5, 5.41) is 7.81. The summed E-state index contributed by atoms with van der Waals surface area (Å²) in [6.07, 6.45) is 5.60. The molecule has 0 amide bonds. The van der Waals surface area contributed by atoms with Gasteiger partial charge in [-0.2, -0.15) is 5.10 Å². The number of hydrogen-bond donors (Lipinski definition) is 1. The van der Waals surface area contributed by atoms with Gasteiger partial charge < -0.3 is 5.32 Å². The Bertz CT molecular complexity index is 534. The fourth-order valence-corrected chi connectivity index (χ4v) is 2.36. The van der Waals surface area contributed by atoms with Gasteiger partial charge in [0.05, 0.1) is 6.54 Å². The van der Waals surface area contributed by atoms with Crippen LogP contribution in [-0.4, -0.2) is 25.8 Å². The largest absolute Gasteiger partial charge is 0.308 e. The van der Waals surface area contributed by atoms with E-state index in [2.05, 4.69) is 26.4 Å². The van der Waals surface area contributed by atoms with Crippen molar-refractivity contribution in [1.29, 1.82) is 0 Å². The lowest BCUT2D eigenvalue weighted by molar-refractivity contribution is 0.357.